The van der Waals surface area contributed by atoms with Gasteiger partial charge in [0.1, 0.15) is 5.01 Å². The number of likely N-dealkylation sites (N-methyl/N-ethyl adjacent to an activating group) is 1. The molecular formula is C18H21N3OS. The lowest BCUT2D eigenvalue weighted by Gasteiger charge is -2.26. The molecule has 2 aromatic rings. The molecule has 2 bridgehead atoms. The van der Waals surface area contributed by atoms with Gasteiger partial charge in [-0.05, 0) is 38.4 Å². The van der Waals surface area contributed by atoms with Crippen LogP contribution < -0.4 is 0 Å². The van der Waals surface area contributed by atoms with Crippen LogP contribution in [-0.2, 0) is 0 Å². The fourth-order valence-corrected chi connectivity index (χ4v) is 4.46. The SMILES string of the molecule is CN1[C@H]2CC[C@@H]1CN(C(=O)c1cccc(-c3nccs3)c1)CC2. The highest BCUT2D eigenvalue weighted by molar-refractivity contribution is 7.13. The van der Waals surface area contributed by atoms with E-state index in [4.69, 9.17) is 0 Å². The molecule has 1 aromatic carbocycles. The molecule has 2 atom stereocenters. The first-order valence-corrected chi connectivity index (χ1v) is 9.11. The average molecular weight is 327 g/mol. The zero-order valence-electron chi connectivity index (χ0n) is 13.3. The van der Waals surface area contributed by atoms with E-state index in [9.17, 15) is 4.79 Å². The zero-order chi connectivity index (χ0) is 15.8. The van der Waals surface area contributed by atoms with Crippen LogP contribution >= 0.6 is 11.3 Å². The quantitative estimate of drug-likeness (QED) is 0.850. The van der Waals surface area contributed by atoms with Crippen molar-refractivity contribution >= 4 is 17.2 Å². The van der Waals surface area contributed by atoms with E-state index in [2.05, 4.69) is 16.9 Å². The molecule has 4 nitrogen and oxygen atoms in total. The van der Waals surface area contributed by atoms with Crippen molar-refractivity contribution in [2.75, 3.05) is 20.1 Å². The number of thiazole rings is 1. The highest BCUT2D eigenvalue weighted by atomic mass is 32.1. The number of hydrogen-bond donors (Lipinski definition) is 0. The van der Waals surface area contributed by atoms with Crippen LogP contribution in [-0.4, -0.2) is 52.9 Å². The molecule has 120 valence electrons. The van der Waals surface area contributed by atoms with E-state index in [1.807, 2.05) is 34.5 Å². The Hall–Kier alpha value is -1.72. The molecule has 0 spiro atoms. The number of benzene rings is 1. The van der Waals surface area contributed by atoms with E-state index in [-0.39, 0.29) is 5.91 Å². The standard InChI is InChI=1S/C18H21N3OS/c1-20-15-5-6-16(20)12-21(9-7-15)18(22)14-4-2-3-13(11-14)17-19-8-10-23-17/h2-4,8,10-11,15-16H,5-7,9,12H2,1H3/t15-,16+/m0/s1. The molecule has 4 rings (SSSR count). The lowest BCUT2D eigenvalue weighted by Crippen LogP contribution is -2.39. The molecule has 0 unspecified atom stereocenters. The summed E-state index contributed by atoms with van der Waals surface area (Å²) in [5.41, 5.74) is 1.80. The van der Waals surface area contributed by atoms with Crippen LogP contribution in [0.15, 0.2) is 35.8 Å². The number of nitrogens with zero attached hydrogens (tertiary/aromatic N) is 3. The van der Waals surface area contributed by atoms with Crippen molar-refractivity contribution in [2.45, 2.75) is 31.3 Å². The number of carbonyl (C=O) groups excluding carboxylic acids is 1. The van der Waals surface area contributed by atoms with Gasteiger partial charge in [0.15, 0.2) is 0 Å². The Labute approximate surface area is 140 Å². The number of hydrogen-bond acceptors (Lipinski definition) is 4. The van der Waals surface area contributed by atoms with Crippen molar-refractivity contribution < 1.29 is 4.79 Å². The van der Waals surface area contributed by atoms with Gasteiger partial charge in [0.05, 0.1) is 0 Å². The van der Waals surface area contributed by atoms with Crippen molar-refractivity contribution in [3.8, 4) is 10.6 Å². The molecular weight excluding hydrogens is 306 g/mol. The van der Waals surface area contributed by atoms with Crippen molar-refractivity contribution in [3.05, 3.63) is 41.4 Å². The molecule has 2 aliphatic rings. The largest absolute Gasteiger partial charge is 0.337 e. The monoisotopic (exact) mass is 327 g/mol. The third kappa shape index (κ3) is 2.79. The molecule has 0 radical (unpaired) electrons. The lowest BCUT2D eigenvalue weighted by atomic mass is 10.1. The van der Waals surface area contributed by atoms with Gasteiger partial charge >= 0.3 is 0 Å². The predicted molar refractivity (Wildman–Crippen MR) is 92.6 cm³/mol. The summed E-state index contributed by atoms with van der Waals surface area (Å²) in [6.07, 6.45) is 5.38. The fraction of sp³-hybridized carbons (Fsp3) is 0.444. The van der Waals surface area contributed by atoms with Crippen LogP contribution in [0, 0.1) is 0 Å². The molecule has 0 aliphatic carbocycles. The summed E-state index contributed by atoms with van der Waals surface area (Å²) in [7, 11) is 2.21. The molecule has 2 fully saturated rings. The Morgan fingerprint density at radius 3 is 2.96 bits per heavy atom. The van der Waals surface area contributed by atoms with Crippen molar-refractivity contribution in [2.24, 2.45) is 0 Å². The zero-order valence-corrected chi connectivity index (χ0v) is 14.1. The Bertz CT molecular complexity index is 700. The Morgan fingerprint density at radius 2 is 2.13 bits per heavy atom. The molecule has 1 amide bonds. The molecule has 23 heavy (non-hydrogen) atoms. The molecule has 0 saturated carbocycles. The second-order valence-electron chi connectivity index (χ2n) is 6.51. The number of rotatable bonds is 2. The fourth-order valence-electron chi connectivity index (χ4n) is 3.83. The second kappa shape index (κ2) is 6.06. The van der Waals surface area contributed by atoms with Crippen LogP contribution in [0.3, 0.4) is 0 Å². The van der Waals surface area contributed by atoms with Crippen molar-refractivity contribution in [1.29, 1.82) is 0 Å². The van der Waals surface area contributed by atoms with E-state index in [0.717, 1.165) is 35.6 Å². The molecule has 1 aromatic heterocycles. The number of likely N-dealkylation sites (tertiary alicyclic amines) is 1. The number of aromatic nitrogens is 1. The van der Waals surface area contributed by atoms with Gasteiger partial charge in [-0.1, -0.05) is 12.1 Å². The van der Waals surface area contributed by atoms with E-state index in [0.29, 0.717) is 12.1 Å². The van der Waals surface area contributed by atoms with Gasteiger partial charge in [-0.25, -0.2) is 4.98 Å². The average Bonchev–Trinajstić information content (AvgIpc) is 3.16. The Morgan fingerprint density at radius 1 is 1.26 bits per heavy atom. The van der Waals surface area contributed by atoms with Gasteiger partial charge in [0.25, 0.3) is 5.91 Å². The maximum atomic E-state index is 12.9. The molecule has 3 heterocycles. The minimum atomic E-state index is 0.157. The van der Waals surface area contributed by atoms with Crippen molar-refractivity contribution in [1.82, 2.24) is 14.8 Å². The van der Waals surface area contributed by atoms with E-state index in [1.165, 1.54) is 12.8 Å². The van der Waals surface area contributed by atoms with E-state index >= 15 is 0 Å². The molecule has 2 saturated heterocycles. The topological polar surface area (TPSA) is 36.4 Å². The molecule has 2 aliphatic heterocycles. The van der Waals surface area contributed by atoms with Gasteiger partial charge in [-0.15, -0.1) is 11.3 Å². The van der Waals surface area contributed by atoms with Crippen LogP contribution in [0.1, 0.15) is 29.6 Å². The van der Waals surface area contributed by atoms with Gasteiger partial charge in [0.2, 0.25) is 0 Å². The first kappa shape index (κ1) is 14.8. The maximum Gasteiger partial charge on any atom is 0.253 e. The normalized spacial score (nSPS) is 24.7. The van der Waals surface area contributed by atoms with Crippen LogP contribution in [0.25, 0.3) is 10.6 Å². The van der Waals surface area contributed by atoms with Crippen molar-refractivity contribution in [3.63, 3.8) is 0 Å². The highest BCUT2D eigenvalue weighted by Gasteiger charge is 2.36. The van der Waals surface area contributed by atoms with Crippen LogP contribution in [0.2, 0.25) is 0 Å². The highest BCUT2D eigenvalue weighted by Crippen LogP contribution is 2.29. The van der Waals surface area contributed by atoms with E-state index in [1.54, 1.807) is 17.5 Å². The molecule has 5 heteroatoms. The Balaban J connectivity index is 1.56. The first-order valence-electron chi connectivity index (χ1n) is 8.23. The third-order valence-electron chi connectivity index (χ3n) is 5.22. The third-order valence-corrected chi connectivity index (χ3v) is 6.05. The number of amides is 1. The van der Waals surface area contributed by atoms with Gasteiger partial charge in [-0.2, -0.15) is 0 Å². The van der Waals surface area contributed by atoms with E-state index < -0.39 is 0 Å². The van der Waals surface area contributed by atoms with Gasteiger partial charge in [-0.3, -0.25) is 9.69 Å². The lowest BCUT2D eigenvalue weighted by molar-refractivity contribution is 0.0740. The maximum absolute atomic E-state index is 12.9. The summed E-state index contributed by atoms with van der Waals surface area (Å²) < 4.78 is 0. The number of carbonyl (C=O) groups is 1. The minimum Gasteiger partial charge on any atom is -0.337 e. The summed E-state index contributed by atoms with van der Waals surface area (Å²) in [6.45, 7) is 1.72. The van der Waals surface area contributed by atoms with Crippen LogP contribution in [0.4, 0.5) is 0 Å². The Kier molecular flexibility index (Phi) is 3.91. The summed E-state index contributed by atoms with van der Waals surface area (Å²) in [6, 6.07) is 9.06. The second-order valence-corrected chi connectivity index (χ2v) is 7.40. The van der Waals surface area contributed by atoms with Gasteiger partial charge in [0, 0.05) is 47.9 Å². The smallest absolute Gasteiger partial charge is 0.253 e. The predicted octanol–water partition coefficient (Wildman–Crippen LogP) is 3.12. The number of fused-ring (bicyclic) bond motifs is 2. The minimum absolute atomic E-state index is 0.157. The summed E-state index contributed by atoms with van der Waals surface area (Å²) in [4.78, 5) is 21.8. The summed E-state index contributed by atoms with van der Waals surface area (Å²) in [5, 5.41) is 2.93. The summed E-state index contributed by atoms with van der Waals surface area (Å²) >= 11 is 1.60. The molecule has 0 N–H and O–H groups in total. The first-order chi connectivity index (χ1) is 11.2. The van der Waals surface area contributed by atoms with Gasteiger partial charge < -0.3 is 4.90 Å². The summed E-state index contributed by atoms with van der Waals surface area (Å²) in [5.74, 6) is 0.157. The van der Waals surface area contributed by atoms with Crippen LogP contribution in [0.5, 0.6) is 0 Å².